The Hall–Kier alpha value is -2.54. The van der Waals surface area contributed by atoms with E-state index in [1.54, 1.807) is 55.4 Å². The molecule has 1 heterocycles. The van der Waals surface area contributed by atoms with Gasteiger partial charge in [-0.05, 0) is 24.3 Å². The third-order valence-corrected chi connectivity index (χ3v) is 1.68. The maximum Gasteiger partial charge on any atom is 0.188 e. The monoisotopic (exact) mass is 227 g/mol. The van der Waals surface area contributed by atoms with Crippen molar-refractivity contribution in [2.24, 2.45) is 4.99 Å². The van der Waals surface area contributed by atoms with E-state index < -0.39 is 0 Å². The summed E-state index contributed by atoms with van der Waals surface area (Å²) in [5.74, 6) is 0. The zero-order chi connectivity index (χ0) is 12.2. The van der Waals surface area contributed by atoms with E-state index in [2.05, 4.69) is 4.99 Å². The van der Waals surface area contributed by atoms with Gasteiger partial charge in [-0.25, -0.2) is 0 Å². The maximum absolute atomic E-state index is 8.79. The summed E-state index contributed by atoms with van der Waals surface area (Å²) in [4.78, 5) is 5.32. The van der Waals surface area contributed by atoms with Crippen LogP contribution in [0.2, 0.25) is 0 Å². The summed E-state index contributed by atoms with van der Waals surface area (Å²) in [6.45, 7) is 0.500. The fourth-order valence-electron chi connectivity index (χ4n) is 0.925. The molecule has 1 aliphatic heterocycles. The Labute approximate surface area is 101 Å². The standard InChI is InChI=1S/C13H13N3O/c14-13-16-9-4-1-2-5-11-17-12-6-3-7-15-8-10-16/h1-11H,12H2. The van der Waals surface area contributed by atoms with Crippen molar-refractivity contribution in [2.75, 3.05) is 6.61 Å². The van der Waals surface area contributed by atoms with Gasteiger partial charge in [0.25, 0.3) is 0 Å². The highest BCUT2D eigenvalue weighted by molar-refractivity contribution is 5.71. The Bertz CT molecular complexity index is 388. The molecule has 0 aromatic heterocycles. The Morgan fingerprint density at radius 1 is 1.12 bits per heavy atom. The number of allylic oxidation sites excluding steroid dienone is 5. The number of ether oxygens (including phenoxy) is 1. The normalized spacial score (nSPS) is 16.1. The Balaban J connectivity index is 2.72. The van der Waals surface area contributed by atoms with Crippen LogP contribution in [0.4, 0.5) is 0 Å². The van der Waals surface area contributed by atoms with E-state index in [0.717, 1.165) is 0 Å². The van der Waals surface area contributed by atoms with Crippen molar-refractivity contribution in [3.8, 4) is 6.19 Å². The summed E-state index contributed by atoms with van der Waals surface area (Å²) in [6, 6.07) is 0. The highest BCUT2D eigenvalue weighted by Gasteiger charge is 1.85. The van der Waals surface area contributed by atoms with Crippen LogP contribution in [-0.2, 0) is 4.74 Å². The van der Waals surface area contributed by atoms with Crippen LogP contribution >= 0.6 is 0 Å². The van der Waals surface area contributed by atoms with Crippen LogP contribution in [0.5, 0.6) is 0 Å². The van der Waals surface area contributed by atoms with Crippen molar-refractivity contribution >= 4 is 6.21 Å². The van der Waals surface area contributed by atoms with Crippen LogP contribution in [-0.4, -0.2) is 17.7 Å². The molecule has 0 spiro atoms. The van der Waals surface area contributed by atoms with Crippen LogP contribution in [0, 0.1) is 11.5 Å². The van der Waals surface area contributed by atoms with Gasteiger partial charge in [0.1, 0.15) is 6.61 Å². The predicted molar refractivity (Wildman–Crippen MR) is 67.6 cm³/mol. The first-order valence-corrected chi connectivity index (χ1v) is 5.08. The third kappa shape index (κ3) is 6.52. The molecule has 86 valence electrons. The van der Waals surface area contributed by atoms with Crippen LogP contribution in [0.3, 0.4) is 0 Å². The molecule has 0 amide bonds. The van der Waals surface area contributed by atoms with E-state index in [-0.39, 0.29) is 0 Å². The van der Waals surface area contributed by atoms with Crippen LogP contribution in [0.1, 0.15) is 0 Å². The SMILES string of the molecule is N#CN1C=CC=CC=COCC=CC=NC=C1. The van der Waals surface area contributed by atoms with Crippen molar-refractivity contribution in [3.63, 3.8) is 0 Å². The Morgan fingerprint density at radius 2 is 2.00 bits per heavy atom. The first-order valence-electron chi connectivity index (χ1n) is 5.08. The number of hydrogen-bond donors (Lipinski definition) is 0. The summed E-state index contributed by atoms with van der Waals surface area (Å²) in [5.41, 5.74) is 0. The molecule has 17 heavy (non-hydrogen) atoms. The van der Waals surface area contributed by atoms with Gasteiger partial charge < -0.3 is 4.74 Å². The number of rotatable bonds is 0. The minimum atomic E-state index is 0.500. The van der Waals surface area contributed by atoms with E-state index in [1.165, 1.54) is 4.90 Å². The van der Waals surface area contributed by atoms with Crippen molar-refractivity contribution in [1.29, 1.82) is 5.26 Å². The van der Waals surface area contributed by atoms with Crippen LogP contribution < -0.4 is 0 Å². The van der Waals surface area contributed by atoms with Gasteiger partial charge in [0.2, 0.25) is 0 Å². The second-order valence-corrected chi connectivity index (χ2v) is 2.92. The molecule has 0 saturated carbocycles. The Morgan fingerprint density at radius 3 is 2.88 bits per heavy atom. The van der Waals surface area contributed by atoms with E-state index in [4.69, 9.17) is 10.00 Å². The number of aliphatic imine (C=N–C) groups is 1. The topological polar surface area (TPSA) is 48.6 Å². The molecule has 0 radical (unpaired) electrons. The maximum atomic E-state index is 8.79. The summed E-state index contributed by atoms with van der Waals surface area (Å²) < 4.78 is 5.17. The van der Waals surface area contributed by atoms with E-state index >= 15 is 0 Å². The number of nitriles is 1. The molecule has 0 unspecified atom stereocenters. The molecule has 0 N–H and O–H groups in total. The fraction of sp³-hybridized carbons (Fsp3) is 0.0769. The van der Waals surface area contributed by atoms with Gasteiger partial charge in [0.05, 0.1) is 6.26 Å². The Kier molecular flexibility index (Phi) is 6.44. The quantitative estimate of drug-likeness (QED) is 0.597. The molecule has 0 atom stereocenters. The first kappa shape index (κ1) is 12.5. The van der Waals surface area contributed by atoms with Crippen molar-refractivity contribution in [1.82, 2.24) is 4.90 Å². The lowest BCUT2D eigenvalue weighted by atomic mass is 10.4. The molecule has 1 aliphatic rings. The summed E-state index contributed by atoms with van der Waals surface area (Å²) in [6.07, 6.45) is 20.7. The number of nitrogens with zero attached hydrogens (tertiary/aromatic N) is 3. The number of hydrogen-bond acceptors (Lipinski definition) is 4. The first-order chi connectivity index (χ1) is 8.43. The molecule has 0 bridgehead atoms. The van der Waals surface area contributed by atoms with E-state index in [9.17, 15) is 0 Å². The molecule has 1 rings (SSSR count). The molecule has 0 saturated heterocycles. The van der Waals surface area contributed by atoms with Gasteiger partial charge in [0.15, 0.2) is 6.19 Å². The second-order valence-electron chi connectivity index (χ2n) is 2.92. The van der Waals surface area contributed by atoms with Gasteiger partial charge in [-0.2, -0.15) is 5.26 Å². The highest BCUT2D eigenvalue weighted by Crippen LogP contribution is 1.91. The smallest absolute Gasteiger partial charge is 0.188 e. The molecule has 0 aliphatic carbocycles. The van der Waals surface area contributed by atoms with E-state index in [0.29, 0.717) is 6.61 Å². The van der Waals surface area contributed by atoms with Crippen molar-refractivity contribution < 1.29 is 4.74 Å². The summed E-state index contributed by atoms with van der Waals surface area (Å²) >= 11 is 0. The van der Waals surface area contributed by atoms with Crippen LogP contribution in [0.15, 0.2) is 66.3 Å². The molecule has 0 aromatic carbocycles. The molecular formula is C13H13N3O. The second kappa shape index (κ2) is 8.74. The van der Waals surface area contributed by atoms with Crippen LogP contribution in [0.25, 0.3) is 0 Å². The predicted octanol–water partition coefficient (Wildman–Crippen LogP) is 2.48. The van der Waals surface area contributed by atoms with Gasteiger partial charge in [-0.15, -0.1) is 0 Å². The van der Waals surface area contributed by atoms with Crippen molar-refractivity contribution in [2.45, 2.75) is 0 Å². The minimum Gasteiger partial charge on any atom is -0.497 e. The molecule has 4 heteroatoms. The van der Waals surface area contributed by atoms with Gasteiger partial charge in [-0.3, -0.25) is 9.89 Å². The molecule has 4 nitrogen and oxygen atoms in total. The average Bonchev–Trinajstić information content (AvgIpc) is 2.36. The van der Waals surface area contributed by atoms with Gasteiger partial charge in [0, 0.05) is 24.8 Å². The van der Waals surface area contributed by atoms with Gasteiger partial charge >= 0.3 is 0 Å². The fourth-order valence-corrected chi connectivity index (χ4v) is 0.925. The lowest BCUT2D eigenvalue weighted by Gasteiger charge is -1.99. The van der Waals surface area contributed by atoms with Crippen molar-refractivity contribution in [3.05, 3.63) is 61.3 Å². The molecule has 0 fully saturated rings. The largest absolute Gasteiger partial charge is 0.497 e. The summed E-state index contributed by atoms with van der Waals surface area (Å²) in [7, 11) is 0. The van der Waals surface area contributed by atoms with E-state index in [1.807, 2.05) is 18.3 Å². The third-order valence-electron chi connectivity index (χ3n) is 1.68. The molecule has 0 aromatic rings. The zero-order valence-corrected chi connectivity index (χ0v) is 9.31. The highest BCUT2D eigenvalue weighted by atomic mass is 16.5. The van der Waals surface area contributed by atoms with Gasteiger partial charge in [-0.1, -0.05) is 12.2 Å². The lowest BCUT2D eigenvalue weighted by molar-refractivity contribution is 0.290. The average molecular weight is 227 g/mol. The summed E-state index contributed by atoms with van der Waals surface area (Å²) in [5, 5.41) is 8.79. The molecular weight excluding hydrogens is 214 g/mol. The minimum absolute atomic E-state index is 0.500. The lowest BCUT2D eigenvalue weighted by Crippen LogP contribution is -1.97. The zero-order valence-electron chi connectivity index (χ0n) is 9.31.